The largest absolute Gasteiger partial charge is 0.461 e. The van der Waals surface area contributed by atoms with Gasteiger partial charge in [-0.15, -0.1) is 0 Å². The van der Waals surface area contributed by atoms with E-state index in [0.29, 0.717) is 35.7 Å². The van der Waals surface area contributed by atoms with Gasteiger partial charge in [-0.1, -0.05) is 73.9 Å². The average molecular weight is 670 g/mol. The van der Waals surface area contributed by atoms with Gasteiger partial charge < -0.3 is 9.47 Å². The van der Waals surface area contributed by atoms with Crippen molar-refractivity contribution in [3.8, 4) is 5.75 Å². The second kappa shape index (κ2) is 14.5. The van der Waals surface area contributed by atoms with Crippen molar-refractivity contribution in [2.45, 2.75) is 114 Å². The van der Waals surface area contributed by atoms with Crippen molar-refractivity contribution >= 4 is 20.0 Å². The Labute approximate surface area is 275 Å². The van der Waals surface area contributed by atoms with Crippen molar-refractivity contribution in [2.24, 2.45) is 0 Å². The maximum atomic E-state index is 14.0. The zero-order valence-electron chi connectivity index (χ0n) is 27.5. The second-order valence-electron chi connectivity index (χ2n) is 13.0. The van der Waals surface area contributed by atoms with E-state index >= 15 is 0 Å². The third kappa shape index (κ3) is 8.17. The van der Waals surface area contributed by atoms with Gasteiger partial charge in [0.05, 0.1) is 28.6 Å². The molecule has 3 aromatic rings. The molecule has 3 heterocycles. The molecule has 9 nitrogen and oxygen atoms in total. The Morgan fingerprint density at radius 2 is 1.13 bits per heavy atom. The summed E-state index contributed by atoms with van der Waals surface area (Å²) in [5, 5.41) is 0. The predicted octanol–water partition coefficient (Wildman–Crippen LogP) is 6.86. The van der Waals surface area contributed by atoms with Crippen molar-refractivity contribution in [2.75, 3.05) is 13.1 Å². The first kappa shape index (κ1) is 34.5. The van der Waals surface area contributed by atoms with Gasteiger partial charge in [0.15, 0.2) is 5.75 Å². The van der Waals surface area contributed by atoms with Gasteiger partial charge in [-0.2, -0.15) is 8.61 Å². The number of fused-ring (bicyclic) bond motifs is 6. The molecule has 0 atom stereocenters. The van der Waals surface area contributed by atoms with E-state index in [2.05, 4.69) is 0 Å². The molecule has 0 unspecified atom stereocenters. The molecule has 11 heteroatoms. The number of sulfonamides is 2. The average Bonchev–Trinajstić information content (AvgIpc) is 3.01. The molecule has 250 valence electrons. The SMILES string of the molecule is Cc1ccc(S(=O)(=O)N2CCCCCCCCCCN(S(=O)(=O)c3ccc(C)cc3)Cc3ncc(c4c3OC(C)(C)OC4)C2)cc1. The molecular weight excluding hydrogens is 623 g/mol. The van der Waals surface area contributed by atoms with Crippen molar-refractivity contribution < 1.29 is 26.3 Å². The van der Waals surface area contributed by atoms with E-state index in [1.54, 1.807) is 44.3 Å². The molecule has 0 radical (unpaired) electrons. The zero-order chi connectivity index (χ0) is 33.0. The maximum Gasteiger partial charge on any atom is 0.243 e. The molecular formula is C35H47N3O6S2. The fraction of sp³-hybridized carbons (Fsp3) is 0.514. The Balaban J connectivity index is 1.56. The summed E-state index contributed by atoms with van der Waals surface area (Å²) in [7, 11) is -7.63. The zero-order valence-corrected chi connectivity index (χ0v) is 29.1. The molecule has 2 aliphatic rings. The topological polar surface area (TPSA) is 106 Å². The van der Waals surface area contributed by atoms with Crippen LogP contribution < -0.4 is 4.74 Å². The van der Waals surface area contributed by atoms with E-state index in [1.165, 1.54) is 8.61 Å². The van der Waals surface area contributed by atoms with Crippen LogP contribution in [0.15, 0.2) is 64.5 Å². The Bertz CT molecular complexity index is 1710. The van der Waals surface area contributed by atoms with E-state index in [-0.39, 0.29) is 29.5 Å². The standard InChI is InChI=1S/C35H47N3O6S2/c1-27-13-17-30(18-14-27)45(39,40)37-21-11-9-7-5-6-8-10-12-22-38(46(41,42)31-19-15-28(2)16-20-31)25-33-34-32(29(24-37)23-36-33)26-43-35(3,4)44-34/h13-20,23H,5-12,21-22,24-26H2,1-4H3. The fourth-order valence-electron chi connectivity index (χ4n) is 5.94. The lowest BCUT2D eigenvalue weighted by Gasteiger charge is -2.35. The molecule has 0 amide bonds. The van der Waals surface area contributed by atoms with Crippen LogP contribution in [0.3, 0.4) is 0 Å². The molecule has 0 fully saturated rings. The highest BCUT2D eigenvalue weighted by Gasteiger charge is 2.35. The van der Waals surface area contributed by atoms with E-state index in [9.17, 15) is 16.8 Å². The van der Waals surface area contributed by atoms with Crippen LogP contribution in [0.2, 0.25) is 0 Å². The number of rotatable bonds is 4. The first-order chi connectivity index (χ1) is 21.9. The number of benzene rings is 2. The van der Waals surface area contributed by atoms with Crippen LogP contribution >= 0.6 is 0 Å². The lowest BCUT2D eigenvalue weighted by molar-refractivity contribution is -0.181. The van der Waals surface area contributed by atoms with Gasteiger partial charge in [0.2, 0.25) is 25.8 Å². The van der Waals surface area contributed by atoms with E-state index < -0.39 is 25.8 Å². The first-order valence-electron chi connectivity index (χ1n) is 16.3. The highest BCUT2D eigenvalue weighted by Crippen LogP contribution is 2.38. The molecule has 0 saturated carbocycles. The number of hydrogen-bond acceptors (Lipinski definition) is 7. The van der Waals surface area contributed by atoms with Gasteiger partial charge in [-0.05, 0) is 56.5 Å². The minimum absolute atomic E-state index is 0.0281. The van der Waals surface area contributed by atoms with Crippen LogP contribution in [-0.4, -0.2) is 49.3 Å². The van der Waals surface area contributed by atoms with Crippen molar-refractivity contribution in [1.29, 1.82) is 0 Å². The maximum absolute atomic E-state index is 14.0. The van der Waals surface area contributed by atoms with E-state index in [0.717, 1.165) is 62.5 Å². The normalized spacial score (nSPS) is 19.5. The second-order valence-corrected chi connectivity index (χ2v) is 16.8. The smallest absolute Gasteiger partial charge is 0.243 e. The van der Waals surface area contributed by atoms with Crippen LogP contribution in [0, 0.1) is 13.8 Å². The van der Waals surface area contributed by atoms with Crippen LogP contribution in [-0.2, 0) is 44.5 Å². The van der Waals surface area contributed by atoms with Gasteiger partial charge in [-0.25, -0.2) is 16.8 Å². The summed E-state index contributed by atoms with van der Waals surface area (Å²) in [6.07, 6.45) is 9.18. The minimum Gasteiger partial charge on any atom is -0.461 e. The fourth-order valence-corrected chi connectivity index (χ4v) is 8.84. The van der Waals surface area contributed by atoms with Gasteiger partial charge in [0, 0.05) is 45.2 Å². The number of aryl methyl sites for hydroxylation is 2. The van der Waals surface area contributed by atoms with Crippen molar-refractivity contribution in [3.63, 3.8) is 0 Å². The highest BCUT2D eigenvalue weighted by molar-refractivity contribution is 7.89. The first-order valence-corrected chi connectivity index (χ1v) is 19.2. The number of pyridine rings is 1. The van der Waals surface area contributed by atoms with Gasteiger partial charge in [-0.3, -0.25) is 4.98 Å². The molecule has 0 saturated heterocycles. The number of nitrogens with zero attached hydrogens (tertiary/aromatic N) is 3. The Kier molecular flexibility index (Phi) is 10.9. The molecule has 2 aliphatic heterocycles. The molecule has 2 aromatic carbocycles. The number of aromatic nitrogens is 1. The van der Waals surface area contributed by atoms with E-state index in [1.807, 2.05) is 38.1 Å². The van der Waals surface area contributed by atoms with Gasteiger partial charge in [0.25, 0.3) is 0 Å². The van der Waals surface area contributed by atoms with Crippen LogP contribution in [0.25, 0.3) is 0 Å². The summed E-state index contributed by atoms with van der Waals surface area (Å²) in [5.74, 6) is -0.500. The lowest BCUT2D eigenvalue weighted by Crippen LogP contribution is -2.38. The van der Waals surface area contributed by atoms with Crippen LogP contribution in [0.5, 0.6) is 5.75 Å². The third-order valence-electron chi connectivity index (χ3n) is 8.77. The van der Waals surface area contributed by atoms with Crippen LogP contribution in [0.4, 0.5) is 0 Å². The summed E-state index contributed by atoms with van der Waals surface area (Å²) in [6, 6.07) is 13.9. The number of ether oxygens (including phenoxy) is 2. The molecule has 0 N–H and O–H groups in total. The van der Waals surface area contributed by atoms with Crippen LogP contribution in [0.1, 0.15) is 93.2 Å². The molecule has 2 bridgehead atoms. The Morgan fingerprint density at radius 3 is 1.63 bits per heavy atom. The highest BCUT2D eigenvalue weighted by atomic mass is 32.2. The summed E-state index contributed by atoms with van der Waals surface area (Å²) in [6.45, 7) is 8.53. The van der Waals surface area contributed by atoms with Crippen molar-refractivity contribution in [3.05, 3.63) is 82.7 Å². The van der Waals surface area contributed by atoms with E-state index in [4.69, 9.17) is 14.5 Å². The molecule has 46 heavy (non-hydrogen) atoms. The van der Waals surface area contributed by atoms with Gasteiger partial charge in [0.1, 0.15) is 0 Å². The lowest BCUT2D eigenvalue weighted by atomic mass is 10.1. The monoisotopic (exact) mass is 669 g/mol. The Morgan fingerprint density at radius 1 is 0.674 bits per heavy atom. The summed E-state index contributed by atoms with van der Waals surface area (Å²) in [5.41, 5.74) is 3.84. The molecule has 0 spiro atoms. The quantitative estimate of drug-likeness (QED) is 0.299. The molecule has 5 rings (SSSR count). The van der Waals surface area contributed by atoms with Crippen molar-refractivity contribution in [1.82, 2.24) is 13.6 Å². The minimum atomic E-state index is -3.83. The summed E-state index contributed by atoms with van der Waals surface area (Å²) < 4.78 is 71.4. The number of hydrogen-bond donors (Lipinski definition) is 0. The summed E-state index contributed by atoms with van der Waals surface area (Å²) in [4.78, 5) is 5.26. The molecule has 0 aliphatic carbocycles. The summed E-state index contributed by atoms with van der Waals surface area (Å²) >= 11 is 0. The Hall–Kier alpha value is -2.83. The predicted molar refractivity (Wildman–Crippen MR) is 178 cm³/mol. The molecule has 1 aromatic heterocycles. The third-order valence-corrected chi connectivity index (χ3v) is 12.5. The van der Waals surface area contributed by atoms with Gasteiger partial charge >= 0.3 is 0 Å².